The second-order valence-corrected chi connectivity index (χ2v) is 5.57. The van der Waals surface area contributed by atoms with Crippen LogP contribution in [0, 0.1) is 0 Å². The van der Waals surface area contributed by atoms with Gasteiger partial charge in [0, 0.05) is 37.3 Å². The maximum Gasteiger partial charge on any atom is 0.232 e. The van der Waals surface area contributed by atoms with Crippen LogP contribution in [0.2, 0.25) is 0 Å². The predicted octanol–water partition coefficient (Wildman–Crippen LogP) is 0.393. The number of hydrogen-bond donors (Lipinski definition) is 4. The Labute approximate surface area is 138 Å². The largest absolute Gasteiger partial charge is 0.388 e. The van der Waals surface area contributed by atoms with Gasteiger partial charge in [0.2, 0.25) is 11.9 Å². The lowest BCUT2D eigenvalue weighted by atomic mass is 10.2. The van der Waals surface area contributed by atoms with Gasteiger partial charge in [0.25, 0.3) is 0 Å². The second-order valence-electron chi connectivity index (χ2n) is 5.57. The molecule has 24 heavy (non-hydrogen) atoms. The Hall–Kier alpha value is -2.78. The Bertz CT molecular complexity index is 842. The van der Waals surface area contributed by atoms with Crippen LogP contribution in [-0.2, 0) is 6.61 Å². The van der Waals surface area contributed by atoms with E-state index in [4.69, 9.17) is 0 Å². The van der Waals surface area contributed by atoms with Gasteiger partial charge in [-0.25, -0.2) is 0 Å². The highest BCUT2D eigenvalue weighted by Gasteiger charge is 2.16. The molecule has 0 aliphatic carbocycles. The summed E-state index contributed by atoms with van der Waals surface area (Å²) < 4.78 is 0. The normalized spacial score (nSPS) is 15.0. The third-order valence-corrected chi connectivity index (χ3v) is 3.91. The van der Waals surface area contributed by atoms with Gasteiger partial charge < -0.3 is 20.6 Å². The number of nitrogens with zero attached hydrogens (tertiary/aromatic N) is 5. The topological polar surface area (TPSA) is 115 Å². The number of hydrogen-bond acceptors (Lipinski definition) is 8. The zero-order valence-electron chi connectivity index (χ0n) is 13.0. The lowest BCUT2D eigenvalue weighted by molar-refractivity contribution is 0.271. The minimum absolute atomic E-state index is 0.225. The summed E-state index contributed by atoms with van der Waals surface area (Å²) in [6.07, 6.45) is 1.76. The van der Waals surface area contributed by atoms with Gasteiger partial charge in [0.05, 0.1) is 11.7 Å². The smallest absolute Gasteiger partial charge is 0.232 e. The van der Waals surface area contributed by atoms with E-state index in [9.17, 15) is 5.11 Å². The Morgan fingerprint density at radius 3 is 2.88 bits per heavy atom. The maximum atomic E-state index is 9.44. The summed E-state index contributed by atoms with van der Waals surface area (Å²) in [5.41, 5.74) is 1.82. The van der Waals surface area contributed by atoms with Crippen LogP contribution in [0.4, 0.5) is 17.6 Å². The molecule has 4 rings (SSSR count). The Kier molecular flexibility index (Phi) is 3.93. The summed E-state index contributed by atoms with van der Waals surface area (Å²) in [5.74, 6) is 1.36. The number of benzene rings is 1. The first-order valence-corrected chi connectivity index (χ1v) is 7.83. The van der Waals surface area contributed by atoms with E-state index in [0.29, 0.717) is 17.7 Å². The average Bonchev–Trinajstić information content (AvgIpc) is 3.10. The van der Waals surface area contributed by atoms with E-state index in [1.54, 1.807) is 6.20 Å². The number of rotatable bonds is 4. The first-order chi connectivity index (χ1) is 11.8. The first kappa shape index (κ1) is 14.8. The van der Waals surface area contributed by atoms with Crippen molar-refractivity contribution in [3.63, 3.8) is 0 Å². The van der Waals surface area contributed by atoms with Crippen molar-refractivity contribution in [2.45, 2.75) is 6.61 Å². The average molecular weight is 326 g/mol. The molecule has 0 bridgehead atoms. The summed E-state index contributed by atoms with van der Waals surface area (Å²) in [6, 6.07) is 5.83. The number of aliphatic hydroxyl groups is 1. The fraction of sp³-hybridized carbons (Fsp3) is 0.333. The molecular weight excluding hydrogens is 308 g/mol. The van der Waals surface area contributed by atoms with Crippen molar-refractivity contribution < 1.29 is 5.11 Å². The second kappa shape index (κ2) is 6.38. The fourth-order valence-electron chi connectivity index (χ4n) is 2.69. The van der Waals surface area contributed by atoms with Crippen LogP contribution in [0.1, 0.15) is 5.82 Å². The summed E-state index contributed by atoms with van der Waals surface area (Å²) in [6.45, 7) is 3.21. The van der Waals surface area contributed by atoms with E-state index in [2.05, 4.69) is 40.7 Å². The van der Waals surface area contributed by atoms with Gasteiger partial charge in [-0.1, -0.05) is 0 Å². The highest BCUT2D eigenvalue weighted by molar-refractivity contribution is 5.82. The van der Waals surface area contributed by atoms with Crippen LogP contribution in [0.5, 0.6) is 0 Å². The summed E-state index contributed by atoms with van der Waals surface area (Å²) in [7, 11) is 0. The van der Waals surface area contributed by atoms with Crippen LogP contribution in [0.3, 0.4) is 0 Å². The summed E-state index contributed by atoms with van der Waals surface area (Å²) in [5, 5.41) is 23.8. The van der Waals surface area contributed by atoms with Gasteiger partial charge >= 0.3 is 0 Å². The molecule has 4 N–H and O–H groups in total. The van der Waals surface area contributed by atoms with Gasteiger partial charge in [-0.2, -0.15) is 20.1 Å². The first-order valence-electron chi connectivity index (χ1n) is 7.83. The predicted molar refractivity (Wildman–Crippen MR) is 90.2 cm³/mol. The molecule has 0 atom stereocenters. The molecule has 9 heteroatoms. The van der Waals surface area contributed by atoms with Crippen LogP contribution in [0.15, 0.2) is 24.4 Å². The van der Waals surface area contributed by atoms with Crippen molar-refractivity contribution in [1.82, 2.24) is 30.5 Å². The molecule has 1 aliphatic heterocycles. The molecule has 9 nitrogen and oxygen atoms in total. The van der Waals surface area contributed by atoms with Crippen molar-refractivity contribution in [1.29, 1.82) is 0 Å². The zero-order chi connectivity index (χ0) is 16.4. The lowest BCUT2D eigenvalue weighted by Gasteiger charge is -2.27. The van der Waals surface area contributed by atoms with E-state index in [1.165, 1.54) is 0 Å². The number of piperazine rings is 1. The van der Waals surface area contributed by atoms with E-state index in [1.807, 2.05) is 18.2 Å². The number of aromatic amines is 1. The van der Waals surface area contributed by atoms with Crippen LogP contribution >= 0.6 is 0 Å². The van der Waals surface area contributed by atoms with Crippen molar-refractivity contribution >= 4 is 28.5 Å². The molecule has 2 aromatic heterocycles. The highest BCUT2D eigenvalue weighted by Crippen LogP contribution is 2.20. The zero-order valence-corrected chi connectivity index (χ0v) is 13.0. The van der Waals surface area contributed by atoms with Crippen LogP contribution < -0.4 is 15.5 Å². The minimum atomic E-state index is -0.225. The van der Waals surface area contributed by atoms with Crippen molar-refractivity contribution in [3.05, 3.63) is 30.2 Å². The molecule has 3 aromatic rings. The molecule has 0 amide bonds. The molecule has 0 spiro atoms. The molecule has 1 fully saturated rings. The van der Waals surface area contributed by atoms with Crippen LogP contribution in [-0.4, -0.2) is 56.4 Å². The number of fused-ring (bicyclic) bond motifs is 1. The molecule has 124 valence electrons. The third-order valence-electron chi connectivity index (χ3n) is 3.91. The number of aromatic nitrogens is 5. The van der Waals surface area contributed by atoms with Gasteiger partial charge in [0.1, 0.15) is 6.61 Å². The van der Waals surface area contributed by atoms with Crippen molar-refractivity contribution in [2.24, 2.45) is 0 Å². The Balaban J connectivity index is 1.63. The van der Waals surface area contributed by atoms with Crippen LogP contribution in [0.25, 0.3) is 10.9 Å². The van der Waals surface area contributed by atoms with E-state index in [-0.39, 0.29) is 6.61 Å². The SMILES string of the molecule is OCc1nc(Nc2ccc3[nH]ncc3c2)nc(N2CCNCC2)n1. The molecule has 1 aliphatic rings. The quantitative estimate of drug-likeness (QED) is 0.544. The van der Waals surface area contributed by atoms with Gasteiger partial charge in [0.15, 0.2) is 5.82 Å². The molecule has 0 unspecified atom stereocenters. The molecule has 1 aromatic carbocycles. The van der Waals surface area contributed by atoms with Gasteiger partial charge in [-0.3, -0.25) is 5.10 Å². The lowest BCUT2D eigenvalue weighted by Crippen LogP contribution is -2.44. The molecule has 1 saturated heterocycles. The monoisotopic (exact) mass is 326 g/mol. The fourth-order valence-corrected chi connectivity index (χ4v) is 2.69. The summed E-state index contributed by atoms with van der Waals surface area (Å²) in [4.78, 5) is 15.2. The van der Waals surface area contributed by atoms with E-state index >= 15 is 0 Å². The maximum absolute atomic E-state index is 9.44. The van der Waals surface area contributed by atoms with Gasteiger partial charge in [-0.05, 0) is 18.2 Å². The van der Waals surface area contributed by atoms with E-state index < -0.39 is 0 Å². The third kappa shape index (κ3) is 2.99. The van der Waals surface area contributed by atoms with Crippen molar-refractivity contribution in [2.75, 3.05) is 36.4 Å². The Morgan fingerprint density at radius 2 is 2.04 bits per heavy atom. The minimum Gasteiger partial charge on any atom is -0.388 e. The highest BCUT2D eigenvalue weighted by atomic mass is 16.3. The molecular formula is C15H18N8O. The molecule has 0 saturated carbocycles. The molecule has 3 heterocycles. The number of aliphatic hydroxyl groups excluding tert-OH is 1. The van der Waals surface area contributed by atoms with Crippen molar-refractivity contribution in [3.8, 4) is 0 Å². The standard InChI is InChI=1S/C15H18N8O/c24-9-13-19-14(21-15(20-13)23-5-3-16-4-6-23)18-11-1-2-12-10(7-11)8-17-22-12/h1-2,7-8,16,24H,3-6,9H2,(H,17,22)(H,18,19,20,21). The molecule has 0 radical (unpaired) electrons. The summed E-state index contributed by atoms with van der Waals surface area (Å²) >= 11 is 0. The Morgan fingerprint density at radius 1 is 1.17 bits per heavy atom. The number of anilines is 3. The van der Waals surface area contributed by atoms with Gasteiger partial charge in [-0.15, -0.1) is 0 Å². The van der Waals surface area contributed by atoms with E-state index in [0.717, 1.165) is 42.8 Å². The number of nitrogens with one attached hydrogen (secondary N) is 3. The number of H-pyrrole nitrogens is 1.